The lowest BCUT2D eigenvalue weighted by atomic mass is 10.1. The third-order valence-electron chi connectivity index (χ3n) is 2.24. The van der Waals surface area contributed by atoms with Crippen molar-refractivity contribution >= 4 is 21.8 Å². The molecular weight excluding hydrogens is 327 g/mol. The van der Waals surface area contributed by atoms with E-state index in [-0.39, 0.29) is 17.9 Å². The Morgan fingerprint density at radius 3 is 2.68 bits per heavy atom. The highest BCUT2D eigenvalue weighted by Gasteiger charge is 2.34. The van der Waals surface area contributed by atoms with Gasteiger partial charge in [-0.05, 0) is 18.2 Å². The van der Waals surface area contributed by atoms with Gasteiger partial charge in [-0.15, -0.1) is 0 Å². The molecule has 0 aromatic heterocycles. The van der Waals surface area contributed by atoms with Crippen molar-refractivity contribution in [3.63, 3.8) is 0 Å². The van der Waals surface area contributed by atoms with Crippen molar-refractivity contribution in [2.24, 2.45) is 10.8 Å². The van der Waals surface area contributed by atoms with Gasteiger partial charge >= 0.3 is 6.18 Å². The fourth-order valence-corrected chi connectivity index (χ4v) is 1.78. The first-order chi connectivity index (χ1) is 8.90. The number of hydrogen-bond donors (Lipinski definition) is 2. The quantitative estimate of drug-likeness (QED) is 0.291. The molecule has 0 aliphatic heterocycles. The molecule has 0 aliphatic carbocycles. The van der Waals surface area contributed by atoms with Gasteiger partial charge in [0, 0.05) is 17.1 Å². The van der Waals surface area contributed by atoms with Crippen LogP contribution in [0.4, 0.5) is 13.2 Å². The fourth-order valence-electron chi connectivity index (χ4n) is 1.41. The number of benzene rings is 1. The maximum absolute atomic E-state index is 12.9. The minimum absolute atomic E-state index is 0.0307. The normalized spacial score (nSPS) is 12.6. The monoisotopic (exact) mass is 339 g/mol. The van der Waals surface area contributed by atoms with Crippen molar-refractivity contribution in [2.45, 2.75) is 6.18 Å². The summed E-state index contributed by atoms with van der Waals surface area (Å²) in [6, 6.07) is 3.78. The molecule has 0 saturated carbocycles. The van der Waals surface area contributed by atoms with Crippen molar-refractivity contribution in [1.82, 2.24) is 5.43 Å². The fraction of sp³-hybridized carbons (Fsp3) is 0.364. The minimum atomic E-state index is -4.49. The third-order valence-corrected chi connectivity index (χ3v) is 2.74. The van der Waals surface area contributed by atoms with E-state index in [1.165, 1.54) is 19.2 Å². The molecule has 0 fully saturated rings. The minimum Gasteiger partial charge on any atom is -0.383 e. The van der Waals surface area contributed by atoms with Crippen LogP contribution in [0.15, 0.2) is 27.7 Å². The number of nitrogens with one attached hydrogen (secondary N) is 1. The van der Waals surface area contributed by atoms with Crippen LogP contribution < -0.4 is 11.3 Å². The van der Waals surface area contributed by atoms with Gasteiger partial charge in [-0.3, -0.25) is 4.99 Å². The number of hydrogen-bond acceptors (Lipinski definition) is 3. The lowest BCUT2D eigenvalue weighted by Crippen LogP contribution is -2.33. The molecule has 0 radical (unpaired) electrons. The molecule has 0 saturated heterocycles. The van der Waals surface area contributed by atoms with E-state index in [4.69, 9.17) is 10.6 Å². The maximum Gasteiger partial charge on any atom is 0.417 e. The Morgan fingerprint density at radius 2 is 2.16 bits per heavy atom. The molecule has 1 aromatic carbocycles. The van der Waals surface area contributed by atoms with Crippen molar-refractivity contribution in [3.05, 3.63) is 33.8 Å². The first kappa shape index (κ1) is 15.9. The van der Waals surface area contributed by atoms with E-state index < -0.39 is 11.7 Å². The van der Waals surface area contributed by atoms with Gasteiger partial charge in [0.1, 0.15) is 5.84 Å². The summed E-state index contributed by atoms with van der Waals surface area (Å²) in [5.41, 5.74) is 1.28. The summed E-state index contributed by atoms with van der Waals surface area (Å²) in [6.45, 7) is 0.506. The zero-order valence-corrected chi connectivity index (χ0v) is 11.7. The van der Waals surface area contributed by atoms with Crippen molar-refractivity contribution in [2.75, 3.05) is 20.3 Å². The van der Waals surface area contributed by atoms with Crippen LogP contribution in [-0.4, -0.2) is 26.1 Å². The number of nitrogens with zero attached hydrogens (tertiary/aromatic N) is 1. The summed E-state index contributed by atoms with van der Waals surface area (Å²) in [5.74, 6) is 5.21. The lowest BCUT2D eigenvalue weighted by molar-refractivity contribution is -0.137. The van der Waals surface area contributed by atoms with E-state index in [1.807, 2.05) is 0 Å². The number of aliphatic imine (C=N–C) groups is 1. The number of alkyl halides is 3. The van der Waals surface area contributed by atoms with Gasteiger partial charge in [0.15, 0.2) is 0 Å². The molecular formula is C11H13BrF3N3O. The summed E-state index contributed by atoms with van der Waals surface area (Å²) in [4.78, 5) is 3.95. The second-order valence-corrected chi connectivity index (χ2v) is 4.47. The average Bonchev–Trinajstić information content (AvgIpc) is 2.34. The predicted octanol–water partition coefficient (Wildman–Crippen LogP) is 2.32. The molecule has 0 spiro atoms. The summed E-state index contributed by atoms with van der Waals surface area (Å²) in [6.07, 6.45) is -4.49. The Hall–Kier alpha value is -1.12. The molecule has 4 nitrogen and oxygen atoms in total. The third kappa shape index (κ3) is 4.48. The highest BCUT2D eigenvalue weighted by atomic mass is 79.9. The molecule has 8 heteroatoms. The van der Waals surface area contributed by atoms with E-state index in [9.17, 15) is 13.2 Å². The van der Waals surface area contributed by atoms with Gasteiger partial charge in [0.2, 0.25) is 0 Å². The second-order valence-electron chi connectivity index (χ2n) is 3.56. The lowest BCUT2D eigenvalue weighted by Gasteiger charge is -2.14. The zero-order valence-electron chi connectivity index (χ0n) is 10.1. The highest BCUT2D eigenvalue weighted by molar-refractivity contribution is 9.10. The van der Waals surface area contributed by atoms with Crippen LogP contribution >= 0.6 is 15.9 Å². The first-order valence-electron chi connectivity index (χ1n) is 5.27. The van der Waals surface area contributed by atoms with E-state index in [2.05, 4.69) is 26.3 Å². The molecule has 3 N–H and O–H groups in total. The standard InChI is InChI=1S/C11H13BrF3N3O/c1-19-5-4-17-10(18-16)8-3-2-7(12)6-9(8)11(13,14)15/h2-3,6H,4-5,16H2,1H3,(H,17,18). The molecule has 0 bridgehead atoms. The predicted molar refractivity (Wildman–Crippen MR) is 69.7 cm³/mol. The number of hydrazine groups is 1. The Morgan fingerprint density at radius 1 is 1.47 bits per heavy atom. The van der Waals surface area contributed by atoms with Crippen LogP contribution in [0, 0.1) is 0 Å². The van der Waals surface area contributed by atoms with Crippen LogP contribution in [0.1, 0.15) is 11.1 Å². The second kappa shape index (κ2) is 6.88. The topological polar surface area (TPSA) is 59.6 Å². The summed E-state index contributed by atoms with van der Waals surface area (Å²) < 4.78 is 43.9. The summed E-state index contributed by atoms with van der Waals surface area (Å²) in [7, 11) is 1.48. The molecule has 0 amide bonds. The number of ether oxygens (including phenoxy) is 1. The van der Waals surface area contributed by atoms with E-state index in [1.54, 1.807) is 0 Å². The van der Waals surface area contributed by atoms with E-state index in [0.717, 1.165) is 6.07 Å². The number of nitrogens with two attached hydrogens (primary N) is 1. The molecule has 1 aromatic rings. The number of halogens is 4. The van der Waals surface area contributed by atoms with Crippen molar-refractivity contribution in [3.8, 4) is 0 Å². The first-order valence-corrected chi connectivity index (χ1v) is 6.06. The Bertz CT molecular complexity index is 463. The Labute approximate surface area is 116 Å². The number of amidine groups is 1. The number of rotatable bonds is 4. The molecule has 0 heterocycles. The molecule has 0 unspecified atom stereocenters. The highest BCUT2D eigenvalue weighted by Crippen LogP contribution is 2.33. The zero-order chi connectivity index (χ0) is 14.5. The van der Waals surface area contributed by atoms with Crippen molar-refractivity contribution < 1.29 is 17.9 Å². The smallest absolute Gasteiger partial charge is 0.383 e. The summed E-state index contributed by atoms with van der Waals surface area (Å²) in [5, 5.41) is 0. The van der Waals surface area contributed by atoms with Crippen LogP contribution in [-0.2, 0) is 10.9 Å². The SMILES string of the molecule is COCCN=C(NN)c1ccc(Br)cc1C(F)(F)F. The molecule has 106 valence electrons. The van der Waals surface area contributed by atoms with Gasteiger partial charge in [-0.2, -0.15) is 13.2 Å². The molecule has 0 aliphatic rings. The Balaban J connectivity index is 3.20. The average molecular weight is 340 g/mol. The maximum atomic E-state index is 12.9. The van der Waals surface area contributed by atoms with Gasteiger partial charge in [-0.25, -0.2) is 5.84 Å². The van der Waals surface area contributed by atoms with Crippen molar-refractivity contribution in [1.29, 1.82) is 0 Å². The van der Waals surface area contributed by atoms with Gasteiger partial charge in [0.05, 0.1) is 18.7 Å². The van der Waals surface area contributed by atoms with E-state index >= 15 is 0 Å². The molecule has 0 atom stereocenters. The molecule has 1 rings (SSSR count). The van der Waals surface area contributed by atoms with Gasteiger partial charge < -0.3 is 10.2 Å². The van der Waals surface area contributed by atoms with E-state index in [0.29, 0.717) is 11.1 Å². The van der Waals surface area contributed by atoms with Crippen LogP contribution in [0.25, 0.3) is 0 Å². The number of methoxy groups -OCH3 is 1. The molecule has 19 heavy (non-hydrogen) atoms. The Kier molecular flexibility index (Phi) is 5.77. The van der Waals surface area contributed by atoms with Gasteiger partial charge in [0.25, 0.3) is 0 Å². The van der Waals surface area contributed by atoms with Crippen LogP contribution in [0.5, 0.6) is 0 Å². The summed E-state index contributed by atoms with van der Waals surface area (Å²) >= 11 is 3.01. The largest absolute Gasteiger partial charge is 0.417 e. The van der Waals surface area contributed by atoms with Crippen LogP contribution in [0.3, 0.4) is 0 Å². The van der Waals surface area contributed by atoms with Crippen LogP contribution in [0.2, 0.25) is 0 Å². The van der Waals surface area contributed by atoms with Gasteiger partial charge in [-0.1, -0.05) is 15.9 Å².